The number of hydrogen-bond acceptors (Lipinski definition) is 2. The van der Waals surface area contributed by atoms with Gasteiger partial charge in [-0.05, 0) is 49.8 Å². The van der Waals surface area contributed by atoms with Crippen molar-refractivity contribution >= 4 is 29.5 Å². The Bertz CT molecular complexity index is 524. The van der Waals surface area contributed by atoms with Gasteiger partial charge in [0, 0.05) is 5.56 Å². The highest BCUT2D eigenvalue weighted by molar-refractivity contribution is 6.77. The van der Waals surface area contributed by atoms with Crippen LogP contribution in [-0.4, -0.2) is 23.4 Å². The van der Waals surface area contributed by atoms with Gasteiger partial charge < -0.3 is 9.10 Å². The van der Waals surface area contributed by atoms with E-state index in [4.69, 9.17) is 4.12 Å². The van der Waals surface area contributed by atoms with E-state index >= 15 is 0 Å². The summed E-state index contributed by atoms with van der Waals surface area (Å²) >= 11 is 0. The van der Waals surface area contributed by atoms with Gasteiger partial charge in [-0.25, -0.2) is 0 Å². The molecule has 1 aromatic rings. The zero-order valence-corrected chi connectivity index (χ0v) is 13.9. The fourth-order valence-corrected chi connectivity index (χ4v) is 7.33. The zero-order valence-electron chi connectivity index (χ0n) is 11.9. The smallest absolute Gasteiger partial charge is 0.283 e. The molecular formula is C14H20NO2Si2. The second-order valence-electron chi connectivity index (χ2n) is 5.46. The predicted octanol–water partition coefficient (Wildman–Crippen LogP) is 2.96. The van der Waals surface area contributed by atoms with Gasteiger partial charge in [0.15, 0.2) is 9.04 Å². The van der Waals surface area contributed by atoms with Crippen molar-refractivity contribution in [3.05, 3.63) is 41.0 Å². The van der Waals surface area contributed by atoms with Gasteiger partial charge in [0.25, 0.3) is 8.48 Å². The van der Waals surface area contributed by atoms with Gasteiger partial charge in [0.2, 0.25) is 5.91 Å². The molecule has 1 aliphatic carbocycles. The van der Waals surface area contributed by atoms with Crippen LogP contribution in [0.15, 0.2) is 24.3 Å². The second kappa shape index (κ2) is 5.44. The lowest BCUT2D eigenvalue weighted by Gasteiger charge is -2.26. The molecule has 0 unspecified atom stereocenters. The van der Waals surface area contributed by atoms with Crippen molar-refractivity contribution in [2.45, 2.75) is 32.6 Å². The maximum absolute atomic E-state index is 12.4. The first-order valence-corrected chi connectivity index (χ1v) is 11.8. The normalized spacial score (nSPS) is 13.7. The summed E-state index contributed by atoms with van der Waals surface area (Å²) in [7, 11) is -2.92. The lowest BCUT2D eigenvalue weighted by Crippen LogP contribution is -2.53. The highest BCUT2D eigenvalue weighted by Crippen LogP contribution is 2.23. The van der Waals surface area contributed by atoms with E-state index in [0.29, 0.717) is 0 Å². The molecule has 0 aliphatic heterocycles. The monoisotopic (exact) mass is 290 g/mol. The number of amides is 1. The molecule has 0 fully saturated rings. The van der Waals surface area contributed by atoms with Crippen LogP contribution in [0.2, 0.25) is 26.2 Å². The predicted molar refractivity (Wildman–Crippen MR) is 82.7 cm³/mol. The number of carbonyl (C=O) groups excluding carboxylic acids is 1. The molecule has 2 rings (SSSR count). The Balaban J connectivity index is 2.17. The molecule has 19 heavy (non-hydrogen) atoms. The van der Waals surface area contributed by atoms with Gasteiger partial charge in [-0.3, -0.25) is 4.79 Å². The molecule has 1 radical (unpaired) electrons. The Hall–Kier alpha value is -1.18. The number of rotatable bonds is 4. The van der Waals surface area contributed by atoms with E-state index in [1.807, 2.05) is 31.3 Å². The van der Waals surface area contributed by atoms with Crippen LogP contribution in [0.4, 0.5) is 0 Å². The van der Waals surface area contributed by atoms with Gasteiger partial charge in [-0.15, -0.1) is 0 Å². The number of hydrogen-bond donors (Lipinski definition) is 1. The van der Waals surface area contributed by atoms with Crippen molar-refractivity contribution in [2.24, 2.45) is 0 Å². The molecule has 1 aromatic carbocycles. The van der Waals surface area contributed by atoms with E-state index in [9.17, 15) is 4.79 Å². The molecule has 0 heterocycles. The SMILES string of the molecule is C[Si](C)O[Si](C)(C)NC(=O)c1cccc2c1C=CC2. The van der Waals surface area contributed by atoms with Gasteiger partial charge in [-0.1, -0.05) is 24.3 Å². The van der Waals surface area contributed by atoms with Crippen LogP contribution in [0.5, 0.6) is 0 Å². The summed E-state index contributed by atoms with van der Waals surface area (Å²) < 4.78 is 5.94. The highest BCUT2D eigenvalue weighted by atomic mass is 28.4. The molecular weight excluding hydrogens is 270 g/mol. The summed E-state index contributed by atoms with van der Waals surface area (Å²) in [5.74, 6) is -0.0108. The lowest BCUT2D eigenvalue weighted by molar-refractivity contribution is 0.0973. The minimum atomic E-state index is -2.12. The van der Waals surface area contributed by atoms with E-state index in [1.54, 1.807) is 0 Å². The number of fused-ring (bicyclic) bond motifs is 1. The van der Waals surface area contributed by atoms with Crippen molar-refractivity contribution < 1.29 is 8.91 Å². The van der Waals surface area contributed by atoms with Gasteiger partial charge in [0.05, 0.1) is 0 Å². The van der Waals surface area contributed by atoms with Crippen molar-refractivity contribution in [1.29, 1.82) is 0 Å². The van der Waals surface area contributed by atoms with Crippen LogP contribution < -0.4 is 4.98 Å². The van der Waals surface area contributed by atoms with Gasteiger partial charge in [0.1, 0.15) is 0 Å². The molecule has 3 nitrogen and oxygen atoms in total. The summed E-state index contributed by atoms with van der Waals surface area (Å²) in [6, 6.07) is 5.91. The molecule has 0 saturated carbocycles. The maximum atomic E-state index is 12.4. The molecule has 0 saturated heterocycles. The minimum absolute atomic E-state index is 0.0108. The van der Waals surface area contributed by atoms with Crippen molar-refractivity contribution in [1.82, 2.24) is 4.98 Å². The Labute approximate surface area is 117 Å². The topological polar surface area (TPSA) is 38.3 Å². The highest BCUT2D eigenvalue weighted by Gasteiger charge is 2.28. The largest absolute Gasteiger partial charge is 0.441 e. The van der Waals surface area contributed by atoms with E-state index in [-0.39, 0.29) is 5.91 Å². The number of allylic oxidation sites excluding steroid dienone is 1. The van der Waals surface area contributed by atoms with Crippen LogP contribution in [0, 0.1) is 0 Å². The lowest BCUT2D eigenvalue weighted by atomic mass is 10.0. The quantitative estimate of drug-likeness (QED) is 0.866. The summed E-state index contributed by atoms with van der Waals surface area (Å²) in [4.78, 5) is 15.5. The van der Waals surface area contributed by atoms with Crippen molar-refractivity contribution in [3.63, 3.8) is 0 Å². The molecule has 1 aliphatic rings. The van der Waals surface area contributed by atoms with Gasteiger partial charge >= 0.3 is 0 Å². The summed E-state index contributed by atoms with van der Waals surface area (Å²) in [6.07, 6.45) is 5.05. The van der Waals surface area contributed by atoms with E-state index < -0.39 is 17.5 Å². The molecule has 101 valence electrons. The summed E-state index contributed by atoms with van der Waals surface area (Å²) in [5, 5.41) is 0. The number of carbonyl (C=O) groups is 1. The molecule has 0 bridgehead atoms. The first-order valence-electron chi connectivity index (χ1n) is 6.49. The Morgan fingerprint density at radius 2 is 2.11 bits per heavy atom. The van der Waals surface area contributed by atoms with Crippen LogP contribution >= 0.6 is 0 Å². The molecule has 1 N–H and O–H groups in total. The van der Waals surface area contributed by atoms with Gasteiger partial charge in [-0.2, -0.15) is 0 Å². The zero-order chi connectivity index (χ0) is 14.0. The Morgan fingerprint density at radius 1 is 1.37 bits per heavy atom. The molecule has 0 spiro atoms. The van der Waals surface area contributed by atoms with Crippen LogP contribution in [0.1, 0.15) is 21.5 Å². The summed E-state index contributed by atoms with van der Waals surface area (Å²) in [6.45, 7) is 8.24. The third-order valence-corrected chi connectivity index (χ3v) is 7.44. The third-order valence-electron chi connectivity index (χ3n) is 2.94. The Morgan fingerprint density at radius 3 is 2.79 bits per heavy atom. The van der Waals surface area contributed by atoms with Crippen LogP contribution in [-0.2, 0) is 10.5 Å². The van der Waals surface area contributed by atoms with Crippen molar-refractivity contribution in [2.75, 3.05) is 0 Å². The Kier molecular flexibility index (Phi) is 4.08. The average Bonchev–Trinajstić information content (AvgIpc) is 2.73. The summed E-state index contributed by atoms with van der Waals surface area (Å²) in [5.41, 5.74) is 3.04. The van der Waals surface area contributed by atoms with E-state index in [2.05, 4.69) is 30.2 Å². The molecule has 0 atom stereocenters. The molecule has 1 amide bonds. The maximum Gasteiger partial charge on any atom is 0.283 e. The number of benzene rings is 1. The minimum Gasteiger partial charge on any atom is -0.441 e. The van der Waals surface area contributed by atoms with E-state index in [0.717, 1.165) is 17.5 Å². The fraction of sp³-hybridized carbons (Fsp3) is 0.357. The van der Waals surface area contributed by atoms with Crippen LogP contribution in [0.3, 0.4) is 0 Å². The molecule has 0 aromatic heterocycles. The van der Waals surface area contributed by atoms with Crippen molar-refractivity contribution in [3.8, 4) is 0 Å². The molecule has 5 heteroatoms. The average molecular weight is 290 g/mol. The van der Waals surface area contributed by atoms with E-state index in [1.165, 1.54) is 5.56 Å². The fourth-order valence-electron chi connectivity index (χ4n) is 2.37. The third kappa shape index (κ3) is 3.43. The van der Waals surface area contributed by atoms with Crippen LogP contribution in [0.25, 0.3) is 6.08 Å². The standard InChI is InChI=1S/C14H20NO2Si2/c1-18(2)17-19(3,4)15-14(16)13-10-6-8-11-7-5-9-12(11)13/h5-6,8-10H,7H2,1-4H3,(H,15,16). The first kappa shape index (κ1) is 14.2. The first-order chi connectivity index (χ1) is 8.89. The number of nitrogens with one attached hydrogen (secondary N) is 1. The second-order valence-corrected chi connectivity index (χ2v) is 11.4.